The van der Waals surface area contributed by atoms with E-state index in [0.29, 0.717) is 34.6 Å². The molecule has 1 N–H and O–H groups in total. The van der Waals surface area contributed by atoms with Crippen molar-refractivity contribution in [3.63, 3.8) is 0 Å². The summed E-state index contributed by atoms with van der Waals surface area (Å²) in [5.41, 5.74) is 4.97. The van der Waals surface area contributed by atoms with Crippen LogP contribution >= 0.6 is 0 Å². The fourth-order valence-corrected chi connectivity index (χ4v) is 3.34. The summed E-state index contributed by atoms with van der Waals surface area (Å²) >= 11 is 0. The first-order chi connectivity index (χ1) is 13.7. The van der Waals surface area contributed by atoms with Gasteiger partial charge < -0.3 is 5.32 Å². The summed E-state index contributed by atoms with van der Waals surface area (Å²) in [7, 11) is 0. The lowest BCUT2D eigenvalue weighted by molar-refractivity contribution is 0.937. The van der Waals surface area contributed by atoms with Crippen molar-refractivity contribution in [2.24, 2.45) is 0 Å². The second-order valence-electron chi connectivity index (χ2n) is 6.36. The van der Waals surface area contributed by atoms with Gasteiger partial charge >= 0.3 is 0 Å². The minimum atomic E-state index is 0.394. The molecule has 0 amide bonds. The first kappa shape index (κ1) is 17.3. The lowest BCUT2D eigenvalue weighted by Gasteiger charge is -2.17. The van der Waals surface area contributed by atoms with E-state index in [9.17, 15) is 10.5 Å². The summed E-state index contributed by atoms with van der Waals surface area (Å²) in [6, 6.07) is 17.9. The van der Waals surface area contributed by atoms with Crippen molar-refractivity contribution in [1.82, 2.24) is 14.6 Å². The number of fused-ring (bicyclic) bond motifs is 1. The molecule has 0 radical (unpaired) electrons. The molecule has 4 rings (SSSR count). The summed E-state index contributed by atoms with van der Waals surface area (Å²) in [6.07, 6.45) is 5.12. The van der Waals surface area contributed by atoms with Crippen molar-refractivity contribution in [2.75, 3.05) is 5.32 Å². The highest BCUT2D eigenvalue weighted by atomic mass is 15.3. The Morgan fingerprint density at radius 3 is 2.54 bits per heavy atom. The Kier molecular flexibility index (Phi) is 4.45. The molecule has 0 saturated carbocycles. The Morgan fingerprint density at radius 2 is 1.82 bits per heavy atom. The Labute approximate surface area is 162 Å². The summed E-state index contributed by atoms with van der Waals surface area (Å²) in [4.78, 5) is 4.13. The SMILES string of the molecule is Cc1ccccc1-c1c(C#N)c(NCc2cccnc2)n2nccc2c1C#N. The number of anilines is 1. The van der Waals surface area contributed by atoms with Gasteiger partial charge in [0.1, 0.15) is 23.5 Å². The van der Waals surface area contributed by atoms with E-state index in [1.165, 1.54) is 0 Å². The van der Waals surface area contributed by atoms with E-state index < -0.39 is 0 Å². The van der Waals surface area contributed by atoms with Gasteiger partial charge in [-0.1, -0.05) is 30.3 Å². The van der Waals surface area contributed by atoms with Crippen LogP contribution in [0.1, 0.15) is 22.3 Å². The number of hydrogen-bond donors (Lipinski definition) is 1. The van der Waals surface area contributed by atoms with Crippen LogP contribution in [0.3, 0.4) is 0 Å². The minimum Gasteiger partial charge on any atom is -0.365 e. The number of rotatable bonds is 4. The van der Waals surface area contributed by atoms with Crippen LogP contribution < -0.4 is 5.32 Å². The molecule has 0 atom stereocenters. The van der Waals surface area contributed by atoms with Gasteiger partial charge in [0.2, 0.25) is 0 Å². The second-order valence-corrected chi connectivity index (χ2v) is 6.36. The van der Waals surface area contributed by atoms with Gasteiger partial charge in [-0.15, -0.1) is 0 Å². The lowest BCUT2D eigenvalue weighted by atomic mass is 9.92. The van der Waals surface area contributed by atoms with Gasteiger partial charge in [-0.05, 0) is 35.7 Å². The van der Waals surface area contributed by atoms with Crippen LogP contribution in [0.2, 0.25) is 0 Å². The third kappa shape index (κ3) is 2.84. The number of aromatic nitrogens is 3. The quantitative estimate of drug-likeness (QED) is 0.590. The van der Waals surface area contributed by atoms with Crippen molar-refractivity contribution in [3.05, 3.63) is 83.3 Å². The molecular weight excluding hydrogens is 348 g/mol. The van der Waals surface area contributed by atoms with E-state index in [4.69, 9.17) is 0 Å². The van der Waals surface area contributed by atoms with Gasteiger partial charge in [-0.3, -0.25) is 4.98 Å². The number of nitrogens with zero attached hydrogens (tertiary/aromatic N) is 5. The Bertz CT molecular complexity index is 1240. The molecule has 134 valence electrons. The third-order valence-corrected chi connectivity index (χ3v) is 4.67. The number of nitriles is 2. The molecule has 0 saturated heterocycles. The number of nitrogens with one attached hydrogen (secondary N) is 1. The largest absolute Gasteiger partial charge is 0.365 e. The molecule has 0 aliphatic carbocycles. The van der Waals surface area contributed by atoms with Gasteiger partial charge in [-0.25, -0.2) is 4.52 Å². The molecule has 0 bridgehead atoms. The molecule has 0 fully saturated rings. The summed E-state index contributed by atoms with van der Waals surface area (Å²) in [6.45, 7) is 2.46. The first-order valence-corrected chi connectivity index (χ1v) is 8.77. The predicted molar refractivity (Wildman–Crippen MR) is 106 cm³/mol. The van der Waals surface area contributed by atoms with Crippen LogP contribution in [0.15, 0.2) is 61.1 Å². The molecule has 3 aromatic heterocycles. The van der Waals surface area contributed by atoms with Crippen LogP contribution in [-0.2, 0) is 6.54 Å². The molecule has 0 aliphatic rings. The van der Waals surface area contributed by atoms with Crippen molar-refractivity contribution in [3.8, 4) is 23.3 Å². The van der Waals surface area contributed by atoms with Crippen LogP contribution in [0.4, 0.5) is 5.82 Å². The normalized spacial score (nSPS) is 10.4. The summed E-state index contributed by atoms with van der Waals surface area (Å²) in [5, 5.41) is 27.6. The van der Waals surface area contributed by atoms with Crippen molar-refractivity contribution < 1.29 is 0 Å². The van der Waals surface area contributed by atoms with E-state index in [-0.39, 0.29) is 0 Å². The maximum atomic E-state index is 10.0. The Hall–Kier alpha value is -4.16. The number of benzene rings is 1. The highest BCUT2D eigenvalue weighted by Crippen LogP contribution is 2.36. The average Bonchev–Trinajstić information content (AvgIpc) is 3.22. The van der Waals surface area contributed by atoms with Crippen molar-refractivity contribution in [1.29, 1.82) is 10.5 Å². The fourth-order valence-electron chi connectivity index (χ4n) is 3.34. The third-order valence-electron chi connectivity index (χ3n) is 4.67. The van der Waals surface area contributed by atoms with Crippen LogP contribution in [0.25, 0.3) is 16.6 Å². The zero-order chi connectivity index (χ0) is 19.5. The van der Waals surface area contributed by atoms with Gasteiger partial charge in [0.25, 0.3) is 0 Å². The maximum absolute atomic E-state index is 10.0. The molecule has 6 nitrogen and oxygen atoms in total. The fraction of sp³-hybridized carbons (Fsp3) is 0.0909. The van der Waals surface area contributed by atoms with Crippen molar-refractivity contribution in [2.45, 2.75) is 13.5 Å². The van der Waals surface area contributed by atoms with E-state index in [2.05, 4.69) is 27.5 Å². The molecule has 1 aromatic carbocycles. The molecular formula is C22H16N6. The Morgan fingerprint density at radius 1 is 1.00 bits per heavy atom. The van der Waals surface area contributed by atoms with Crippen molar-refractivity contribution >= 4 is 11.3 Å². The van der Waals surface area contributed by atoms with E-state index in [0.717, 1.165) is 16.7 Å². The van der Waals surface area contributed by atoms with Gasteiger partial charge in [0.15, 0.2) is 0 Å². The van der Waals surface area contributed by atoms with Crippen LogP contribution in [-0.4, -0.2) is 14.6 Å². The van der Waals surface area contributed by atoms with E-state index in [1.807, 2.05) is 43.3 Å². The Balaban J connectivity index is 1.97. The zero-order valence-electron chi connectivity index (χ0n) is 15.2. The number of hydrogen-bond acceptors (Lipinski definition) is 5. The summed E-state index contributed by atoms with van der Waals surface area (Å²) < 4.78 is 1.62. The van der Waals surface area contributed by atoms with Gasteiger partial charge in [0.05, 0.1) is 17.3 Å². The highest BCUT2D eigenvalue weighted by molar-refractivity contribution is 5.89. The van der Waals surface area contributed by atoms with Gasteiger partial charge in [0, 0.05) is 24.5 Å². The predicted octanol–water partition coefficient (Wildman–Crippen LogP) is 4.06. The average molecular weight is 364 g/mol. The molecule has 4 aromatic rings. The number of pyridine rings is 2. The topological polar surface area (TPSA) is 89.8 Å². The van der Waals surface area contributed by atoms with E-state index >= 15 is 0 Å². The first-order valence-electron chi connectivity index (χ1n) is 8.77. The standard InChI is InChI=1S/C22H16N6/c1-15-5-2-3-7-17(15)21-18(11-23)20-8-10-27-28(20)22(19(21)12-24)26-14-16-6-4-9-25-13-16/h2-10,13,26H,14H2,1H3. The molecule has 3 heterocycles. The monoisotopic (exact) mass is 364 g/mol. The second kappa shape index (κ2) is 7.22. The lowest BCUT2D eigenvalue weighted by Crippen LogP contribution is -2.10. The smallest absolute Gasteiger partial charge is 0.147 e. The molecule has 0 unspecified atom stereocenters. The van der Waals surface area contributed by atoms with Crippen LogP contribution in [0.5, 0.6) is 0 Å². The summed E-state index contributed by atoms with van der Waals surface area (Å²) in [5.74, 6) is 0.559. The molecule has 0 spiro atoms. The van der Waals surface area contributed by atoms with E-state index in [1.54, 1.807) is 29.2 Å². The minimum absolute atomic E-state index is 0.394. The number of aryl methyl sites for hydroxylation is 1. The van der Waals surface area contributed by atoms with Gasteiger partial charge in [-0.2, -0.15) is 15.6 Å². The molecule has 28 heavy (non-hydrogen) atoms. The molecule has 0 aliphatic heterocycles. The highest BCUT2D eigenvalue weighted by Gasteiger charge is 2.22. The van der Waals surface area contributed by atoms with Crippen LogP contribution in [0, 0.1) is 29.6 Å². The maximum Gasteiger partial charge on any atom is 0.147 e. The molecule has 6 heteroatoms. The zero-order valence-corrected chi connectivity index (χ0v) is 15.2.